The predicted octanol–water partition coefficient (Wildman–Crippen LogP) is 2.55. The second-order valence-electron chi connectivity index (χ2n) is 4.50. The van der Waals surface area contributed by atoms with Crippen molar-refractivity contribution in [2.24, 2.45) is 0 Å². The predicted molar refractivity (Wildman–Crippen MR) is 73.3 cm³/mol. The minimum absolute atomic E-state index is 0.247. The van der Waals surface area contributed by atoms with E-state index in [1.54, 1.807) is 48.5 Å². The molecule has 20 heavy (non-hydrogen) atoms. The molecule has 0 atom stereocenters. The van der Waals surface area contributed by atoms with Gasteiger partial charge in [0.2, 0.25) is 0 Å². The fraction of sp³-hybridized carbons (Fsp3) is 0.0625. The van der Waals surface area contributed by atoms with Crippen molar-refractivity contribution in [2.75, 3.05) is 4.90 Å². The molecule has 2 aromatic carbocycles. The number of rotatable bonds is 2. The summed E-state index contributed by atoms with van der Waals surface area (Å²) in [5.41, 5.74) is 2.12. The van der Waals surface area contributed by atoms with Crippen LogP contribution in [0.3, 0.4) is 0 Å². The molecule has 0 aromatic heterocycles. The Bertz CT molecular complexity index is 724. The summed E-state index contributed by atoms with van der Waals surface area (Å²) in [6.45, 7) is 0. The number of hydrogen-bond acceptors (Lipinski definition) is 3. The van der Waals surface area contributed by atoms with Crippen molar-refractivity contribution in [3.05, 3.63) is 65.2 Å². The SMILES string of the molecule is N#CCc1cccc(N2C(=O)c3ccccc3C2=O)c1. The number of imide groups is 1. The summed E-state index contributed by atoms with van der Waals surface area (Å²) in [6, 6.07) is 15.8. The lowest BCUT2D eigenvalue weighted by Crippen LogP contribution is -2.29. The van der Waals surface area contributed by atoms with Crippen molar-refractivity contribution in [3.8, 4) is 6.07 Å². The molecule has 96 valence electrons. The number of anilines is 1. The number of amides is 2. The zero-order chi connectivity index (χ0) is 14.1. The Labute approximate surface area is 115 Å². The molecule has 0 spiro atoms. The van der Waals surface area contributed by atoms with E-state index in [4.69, 9.17) is 5.26 Å². The maximum atomic E-state index is 12.3. The van der Waals surface area contributed by atoms with Crippen LogP contribution in [0.1, 0.15) is 26.3 Å². The van der Waals surface area contributed by atoms with Crippen LogP contribution in [0.15, 0.2) is 48.5 Å². The average Bonchev–Trinajstić information content (AvgIpc) is 2.72. The van der Waals surface area contributed by atoms with Gasteiger partial charge in [-0.1, -0.05) is 24.3 Å². The number of benzene rings is 2. The zero-order valence-corrected chi connectivity index (χ0v) is 10.5. The van der Waals surface area contributed by atoms with Crippen LogP contribution in [-0.4, -0.2) is 11.8 Å². The van der Waals surface area contributed by atoms with Crippen LogP contribution in [0.5, 0.6) is 0 Å². The van der Waals surface area contributed by atoms with Crippen molar-refractivity contribution in [1.82, 2.24) is 0 Å². The average molecular weight is 262 g/mol. The second kappa shape index (κ2) is 4.63. The highest BCUT2D eigenvalue weighted by molar-refractivity contribution is 6.34. The van der Waals surface area contributed by atoms with Gasteiger partial charge in [0, 0.05) is 0 Å². The van der Waals surface area contributed by atoms with Crippen molar-refractivity contribution in [2.45, 2.75) is 6.42 Å². The minimum atomic E-state index is -0.320. The normalized spacial score (nSPS) is 13.2. The molecule has 0 unspecified atom stereocenters. The molecule has 0 radical (unpaired) electrons. The van der Waals surface area contributed by atoms with Gasteiger partial charge in [-0.15, -0.1) is 0 Å². The Balaban J connectivity index is 2.05. The van der Waals surface area contributed by atoms with Crippen molar-refractivity contribution < 1.29 is 9.59 Å². The maximum Gasteiger partial charge on any atom is 0.266 e. The maximum absolute atomic E-state index is 12.3. The third kappa shape index (κ3) is 1.77. The molecule has 1 aliphatic heterocycles. The van der Waals surface area contributed by atoms with Gasteiger partial charge in [0.15, 0.2) is 0 Å². The van der Waals surface area contributed by atoms with Gasteiger partial charge in [0.1, 0.15) is 0 Å². The highest BCUT2D eigenvalue weighted by Gasteiger charge is 2.36. The van der Waals surface area contributed by atoms with E-state index in [-0.39, 0.29) is 18.2 Å². The van der Waals surface area contributed by atoms with Crippen LogP contribution in [0.4, 0.5) is 5.69 Å². The molecule has 0 saturated carbocycles. The smallest absolute Gasteiger partial charge is 0.266 e. The zero-order valence-electron chi connectivity index (χ0n) is 10.5. The Kier molecular flexibility index (Phi) is 2.81. The van der Waals surface area contributed by atoms with Gasteiger partial charge in [-0.2, -0.15) is 5.26 Å². The first-order valence-corrected chi connectivity index (χ1v) is 6.16. The number of carbonyl (C=O) groups is 2. The summed E-state index contributed by atoms with van der Waals surface area (Å²) < 4.78 is 0. The lowest BCUT2D eigenvalue weighted by Gasteiger charge is -2.14. The first-order valence-electron chi connectivity index (χ1n) is 6.16. The van der Waals surface area contributed by atoms with E-state index < -0.39 is 0 Å². The number of nitrogens with zero attached hydrogens (tertiary/aromatic N) is 2. The fourth-order valence-corrected chi connectivity index (χ4v) is 2.32. The summed E-state index contributed by atoms with van der Waals surface area (Å²) >= 11 is 0. The summed E-state index contributed by atoms with van der Waals surface area (Å²) in [7, 11) is 0. The van der Waals surface area contributed by atoms with Crippen LogP contribution in [0.2, 0.25) is 0 Å². The molecular weight excluding hydrogens is 252 g/mol. The van der Waals surface area contributed by atoms with E-state index in [9.17, 15) is 9.59 Å². The molecule has 1 aliphatic rings. The molecule has 0 aliphatic carbocycles. The molecule has 0 saturated heterocycles. The standard InChI is InChI=1S/C16H10N2O2/c17-9-8-11-4-3-5-12(10-11)18-15(19)13-6-1-2-7-14(13)16(18)20/h1-7,10H,8H2. The van der Waals surface area contributed by atoms with Gasteiger partial charge in [-0.05, 0) is 29.8 Å². The van der Waals surface area contributed by atoms with E-state index in [2.05, 4.69) is 6.07 Å². The van der Waals surface area contributed by atoms with Crippen LogP contribution < -0.4 is 4.90 Å². The summed E-state index contributed by atoms with van der Waals surface area (Å²) in [6.07, 6.45) is 0.247. The van der Waals surface area contributed by atoms with Crippen LogP contribution in [0.25, 0.3) is 0 Å². The Morgan fingerprint density at radius 3 is 2.20 bits per heavy atom. The second-order valence-corrected chi connectivity index (χ2v) is 4.50. The van der Waals surface area contributed by atoms with Crippen LogP contribution in [0, 0.1) is 11.3 Å². The molecule has 1 heterocycles. The molecular formula is C16H10N2O2. The van der Waals surface area contributed by atoms with Crippen LogP contribution in [-0.2, 0) is 6.42 Å². The van der Waals surface area contributed by atoms with E-state index >= 15 is 0 Å². The highest BCUT2D eigenvalue weighted by Crippen LogP contribution is 2.28. The first kappa shape index (κ1) is 12.1. The van der Waals surface area contributed by atoms with Gasteiger partial charge in [0.05, 0.1) is 29.3 Å². The molecule has 2 aromatic rings. The summed E-state index contributed by atoms with van der Waals surface area (Å²) in [5.74, 6) is -0.639. The minimum Gasteiger partial charge on any atom is -0.268 e. The number of fused-ring (bicyclic) bond motifs is 1. The molecule has 2 amide bonds. The lowest BCUT2D eigenvalue weighted by molar-refractivity contribution is 0.0926. The summed E-state index contributed by atoms with van der Waals surface area (Å²) in [5, 5.41) is 8.72. The van der Waals surface area contributed by atoms with E-state index in [0.717, 1.165) is 10.5 Å². The lowest BCUT2D eigenvalue weighted by atomic mass is 10.1. The van der Waals surface area contributed by atoms with Crippen molar-refractivity contribution in [3.63, 3.8) is 0 Å². The van der Waals surface area contributed by atoms with E-state index in [0.29, 0.717) is 16.8 Å². The fourth-order valence-electron chi connectivity index (χ4n) is 2.32. The summed E-state index contributed by atoms with van der Waals surface area (Å²) in [4.78, 5) is 25.8. The Hall–Kier alpha value is -2.93. The topological polar surface area (TPSA) is 61.2 Å². The Morgan fingerprint density at radius 1 is 0.950 bits per heavy atom. The van der Waals surface area contributed by atoms with Crippen molar-refractivity contribution >= 4 is 17.5 Å². The van der Waals surface area contributed by atoms with Gasteiger partial charge in [0.25, 0.3) is 11.8 Å². The first-order chi connectivity index (χ1) is 9.72. The number of carbonyl (C=O) groups excluding carboxylic acids is 2. The third-order valence-corrected chi connectivity index (χ3v) is 3.25. The van der Waals surface area contributed by atoms with Crippen molar-refractivity contribution in [1.29, 1.82) is 5.26 Å². The monoisotopic (exact) mass is 262 g/mol. The van der Waals surface area contributed by atoms with Gasteiger partial charge < -0.3 is 0 Å². The molecule has 0 N–H and O–H groups in total. The van der Waals surface area contributed by atoms with E-state index in [1.165, 1.54) is 0 Å². The molecule has 0 fully saturated rings. The molecule has 4 nitrogen and oxygen atoms in total. The Morgan fingerprint density at radius 2 is 1.60 bits per heavy atom. The van der Waals surface area contributed by atoms with E-state index in [1.807, 2.05) is 0 Å². The highest BCUT2D eigenvalue weighted by atomic mass is 16.2. The number of hydrogen-bond donors (Lipinski definition) is 0. The molecule has 0 bridgehead atoms. The van der Waals surface area contributed by atoms with Gasteiger partial charge in [-0.3, -0.25) is 9.59 Å². The molecule has 3 rings (SSSR count). The number of nitriles is 1. The largest absolute Gasteiger partial charge is 0.268 e. The molecule has 4 heteroatoms. The van der Waals surface area contributed by atoms with Crippen LogP contribution >= 0.6 is 0 Å². The quantitative estimate of drug-likeness (QED) is 0.781. The van der Waals surface area contributed by atoms with Gasteiger partial charge in [-0.25, -0.2) is 4.90 Å². The van der Waals surface area contributed by atoms with Gasteiger partial charge >= 0.3 is 0 Å². The third-order valence-electron chi connectivity index (χ3n) is 3.25.